The fraction of sp³-hybridized carbons (Fsp3) is 0.682. The van der Waals surface area contributed by atoms with Crippen LogP contribution < -0.4 is 19.5 Å². The van der Waals surface area contributed by atoms with Gasteiger partial charge in [0.05, 0.1) is 27.9 Å². The first-order chi connectivity index (χ1) is 13.9. The van der Waals surface area contributed by atoms with E-state index in [1.165, 1.54) is 0 Å². The van der Waals surface area contributed by atoms with E-state index in [4.69, 9.17) is 18.9 Å². The number of nitrogens with one attached hydrogen (secondary N) is 1. The number of esters is 1. The number of methoxy groups -OCH3 is 3. The summed E-state index contributed by atoms with van der Waals surface area (Å²) in [4.78, 5) is 15.2. The van der Waals surface area contributed by atoms with E-state index in [0.29, 0.717) is 41.9 Å². The van der Waals surface area contributed by atoms with Gasteiger partial charge < -0.3 is 23.8 Å². The van der Waals surface area contributed by atoms with Gasteiger partial charge in [0.15, 0.2) is 11.5 Å². The van der Waals surface area contributed by atoms with Crippen LogP contribution in [0.3, 0.4) is 0 Å². The van der Waals surface area contributed by atoms with Gasteiger partial charge in [-0.3, -0.25) is 5.32 Å². The van der Waals surface area contributed by atoms with Crippen molar-refractivity contribution in [3.8, 4) is 17.2 Å². The molecule has 0 spiro atoms. The Morgan fingerprint density at radius 1 is 1.03 bits per heavy atom. The average molecular weight is 411 g/mol. The van der Waals surface area contributed by atoms with E-state index < -0.39 is 6.04 Å². The van der Waals surface area contributed by atoms with Crippen LogP contribution in [0.4, 0.5) is 0 Å². The maximum Gasteiger partial charge on any atom is 0.327 e. The second-order valence-electron chi connectivity index (χ2n) is 7.22. The van der Waals surface area contributed by atoms with Crippen molar-refractivity contribution in [2.45, 2.75) is 40.2 Å². The second kappa shape index (κ2) is 13.3. The van der Waals surface area contributed by atoms with Crippen molar-refractivity contribution in [1.82, 2.24) is 10.2 Å². The standard InChI is InChI=1S/C22H38N2O5/c1-8-24(9-2)12-11-23-20(22(25)29-13-10-16(3)4)17-14-18(26-5)21(28-7)19(15-17)27-6/h14-16,20,23H,8-13H2,1-7H3. The molecule has 0 fully saturated rings. The third-order valence-electron chi connectivity index (χ3n) is 4.87. The summed E-state index contributed by atoms with van der Waals surface area (Å²) >= 11 is 0. The molecule has 0 aliphatic carbocycles. The molecule has 0 radical (unpaired) electrons. The van der Waals surface area contributed by atoms with Crippen LogP contribution >= 0.6 is 0 Å². The molecule has 1 rings (SSSR count). The van der Waals surface area contributed by atoms with E-state index in [9.17, 15) is 4.79 Å². The van der Waals surface area contributed by atoms with E-state index in [1.54, 1.807) is 33.5 Å². The lowest BCUT2D eigenvalue weighted by molar-refractivity contribution is -0.146. The highest BCUT2D eigenvalue weighted by Gasteiger charge is 2.25. The topological polar surface area (TPSA) is 69.3 Å². The van der Waals surface area contributed by atoms with Gasteiger partial charge in [0.2, 0.25) is 5.75 Å². The minimum atomic E-state index is -0.619. The highest BCUT2D eigenvalue weighted by Crippen LogP contribution is 2.39. The van der Waals surface area contributed by atoms with Gasteiger partial charge in [0.1, 0.15) is 6.04 Å². The first kappa shape index (κ1) is 25.0. The van der Waals surface area contributed by atoms with Crippen molar-refractivity contribution in [3.05, 3.63) is 17.7 Å². The molecule has 29 heavy (non-hydrogen) atoms. The molecule has 0 saturated heterocycles. The molecule has 0 aliphatic rings. The average Bonchev–Trinajstić information content (AvgIpc) is 2.72. The normalized spacial score (nSPS) is 12.2. The number of hydrogen-bond donors (Lipinski definition) is 1. The fourth-order valence-corrected chi connectivity index (χ4v) is 2.99. The van der Waals surface area contributed by atoms with E-state index in [-0.39, 0.29) is 5.97 Å². The summed E-state index contributed by atoms with van der Waals surface area (Å²) in [6.45, 7) is 12.3. The summed E-state index contributed by atoms with van der Waals surface area (Å²) in [5, 5.41) is 3.35. The molecule has 1 atom stereocenters. The van der Waals surface area contributed by atoms with Gasteiger partial charge in [0.25, 0.3) is 0 Å². The van der Waals surface area contributed by atoms with Crippen LogP contribution in [0.5, 0.6) is 17.2 Å². The summed E-state index contributed by atoms with van der Waals surface area (Å²) in [5.41, 5.74) is 0.716. The summed E-state index contributed by atoms with van der Waals surface area (Å²) in [6.07, 6.45) is 0.827. The molecular formula is C22H38N2O5. The number of nitrogens with zero attached hydrogens (tertiary/aromatic N) is 1. The van der Waals surface area contributed by atoms with E-state index in [2.05, 4.69) is 37.9 Å². The largest absolute Gasteiger partial charge is 0.493 e. The molecule has 1 unspecified atom stereocenters. The molecule has 0 heterocycles. The number of hydrogen-bond acceptors (Lipinski definition) is 7. The maximum absolute atomic E-state index is 12.9. The summed E-state index contributed by atoms with van der Waals surface area (Å²) in [6, 6.07) is 2.96. The predicted octanol–water partition coefficient (Wildman–Crippen LogP) is 3.27. The second-order valence-corrected chi connectivity index (χ2v) is 7.22. The predicted molar refractivity (Wildman–Crippen MR) is 115 cm³/mol. The first-order valence-corrected chi connectivity index (χ1v) is 10.3. The lowest BCUT2D eigenvalue weighted by Crippen LogP contribution is -2.37. The number of benzene rings is 1. The lowest BCUT2D eigenvalue weighted by atomic mass is 10.0. The summed E-state index contributed by atoms with van der Waals surface area (Å²) in [5.74, 6) is 1.67. The highest BCUT2D eigenvalue weighted by molar-refractivity contribution is 5.78. The zero-order chi connectivity index (χ0) is 21.8. The Bertz CT molecular complexity index is 592. The van der Waals surface area contributed by atoms with Crippen molar-refractivity contribution >= 4 is 5.97 Å². The van der Waals surface area contributed by atoms with Gasteiger partial charge in [-0.2, -0.15) is 0 Å². The first-order valence-electron chi connectivity index (χ1n) is 10.3. The van der Waals surface area contributed by atoms with Crippen LogP contribution in [-0.4, -0.2) is 65.0 Å². The zero-order valence-electron chi connectivity index (χ0n) is 19.0. The Morgan fingerprint density at radius 3 is 2.07 bits per heavy atom. The zero-order valence-corrected chi connectivity index (χ0v) is 19.0. The van der Waals surface area contributed by atoms with Crippen LogP contribution in [0.15, 0.2) is 12.1 Å². The highest BCUT2D eigenvalue weighted by atomic mass is 16.5. The number of likely N-dealkylation sites (N-methyl/N-ethyl adjacent to an activating group) is 1. The van der Waals surface area contributed by atoms with E-state index in [1.807, 2.05) is 0 Å². The van der Waals surface area contributed by atoms with Crippen LogP contribution in [0.25, 0.3) is 0 Å². The molecule has 0 bridgehead atoms. The Hall–Kier alpha value is -1.99. The minimum Gasteiger partial charge on any atom is -0.493 e. The molecule has 7 nitrogen and oxygen atoms in total. The molecule has 1 aromatic rings. The van der Waals surface area contributed by atoms with Gasteiger partial charge in [0, 0.05) is 13.1 Å². The molecular weight excluding hydrogens is 372 g/mol. The summed E-state index contributed by atoms with van der Waals surface area (Å²) in [7, 11) is 4.68. The minimum absolute atomic E-state index is 0.306. The Labute approximate surface area is 175 Å². The van der Waals surface area contributed by atoms with Crippen LogP contribution in [0, 0.1) is 5.92 Å². The smallest absolute Gasteiger partial charge is 0.327 e. The quantitative estimate of drug-likeness (QED) is 0.472. The van der Waals surface area contributed by atoms with Crippen LogP contribution in [0.1, 0.15) is 45.7 Å². The SMILES string of the molecule is CCN(CC)CCNC(C(=O)OCCC(C)C)c1cc(OC)c(OC)c(OC)c1. The lowest BCUT2D eigenvalue weighted by Gasteiger charge is -2.23. The third kappa shape index (κ3) is 7.74. The maximum atomic E-state index is 12.9. The van der Waals surface area contributed by atoms with Crippen molar-refractivity contribution in [2.24, 2.45) is 5.92 Å². The Kier molecular flexibility index (Phi) is 11.5. The van der Waals surface area contributed by atoms with Gasteiger partial charge in [-0.05, 0) is 43.1 Å². The van der Waals surface area contributed by atoms with Crippen LogP contribution in [-0.2, 0) is 9.53 Å². The Morgan fingerprint density at radius 2 is 1.62 bits per heavy atom. The molecule has 7 heteroatoms. The van der Waals surface area contributed by atoms with Gasteiger partial charge in [-0.15, -0.1) is 0 Å². The molecule has 1 N–H and O–H groups in total. The van der Waals surface area contributed by atoms with Crippen molar-refractivity contribution in [3.63, 3.8) is 0 Å². The monoisotopic (exact) mass is 410 g/mol. The van der Waals surface area contributed by atoms with Gasteiger partial charge in [-0.25, -0.2) is 4.79 Å². The van der Waals surface area contributed by atoms with E-state index in [0.717, 1.165) is 26.1 Å². The van der Waals surface area contributed by atoms with Crippen molar-refractivity contribution < 1.29 is 23.7 Å². The van der Waals surface area contributed by atoms with Gasteiger partial charge in [-0.1, -0.05) is 27.7 Å². The summed E-state index contributed by atoms with van der Waals surface area (Å²) < 4.78 is 21.8. The third-order valence-corrected chi connectivity index (χ3v) is 4.87. The number of carbonyl (C=O) groups excluding carboxylic acids is 1. The molecule has 0 aromatic heterocycles. The molecule has 0 aliphatic heterocycles. The fourth-order valence-electron chi connectivity index (χ4n) is 2.99. The molecule has 0 saturated carbocycles. The number of rotatable bonds is 14. The Balaban J connectivity index is 3.09. The molecule has 0 amide bonds. The van der Waals surface area contributed by atoms with Crippen LogP contribution in [0.2, 0.25) is 0 Å². The van der Waals surface area contributed by atoms with E-state index >= 15 is 0 Å². The number of carbonyl (C=O) groups is 1. The molecule has 166 valence electrons. The van der Waals surface area contributed by atoms with Crippen molar-refractivity contribution in [2.75, 3.05) is 54.1 Å². The van der Waals surface area contributed by atoms with Gasteiger partial charge >= 0.3 is 5.97 Å². The molecule has 1 aromatic carbocycles. The van der Waals surface area contributed by atoms with Crippen molar-refractivity contribution in [1.29, 1.82) is 0 Å². The number of ether oxygens (including phenoxy) is 4.